The summed E-state index contributed by atoms with van der Waals surface area (Å²) in [4.78, 5) is 6.67. The van der Waals surface area contributed by atoms with Crippen LogP contribution in [0.15, 0.2) is 115 Å². The number of hydrogen-bond donors (Lipinski definition) is 0. The Labute approximate surface area is 211 Å². The number of aromatic nitrogens is 1. The van der Waals surface area contributed by atoms with E-state index < -0.39 is 0 Å². The molecule has 1 aliphatic rings. The lowest BCUT2D eigenvalue weighted by atomic mass is 9.73. The van der Waals surface area contributed by atoms with Gasteiger partial charge < -0.3 is 4.90 Å². The molecule has 5 aromatic rings. The van der Waals surface area contributed by atoms with Gasteiger partial charge in [-0.05, 0) is 64.2 Å². The van der Waals surface area contributed by atoms with E-state index in [1.807, 2.05) is 12.1 Å². The summed E-state index contributed by atoms with van der Waals surface area (Å²) in [5.41, 5.74) is 10.9. The van der Waals surface area contributed by atoms with Crippen LogP contribution in [0.2, 0.25) is 0 Å². The molecule has 172 valence electrons. The summed E-state index contributed by atoms with van der Waals surface area (Å²) in [6.45, 7) is 4.61. The van der Waals surface area contributed by atoms with Gasteiger partial charge in [-0.3, -0.25) is 0 Å². The minimum Gasteiger partial charge on any atom is -0.310 e. The van der Waals surface area contributed by atoms with Crippen LogP contribution in [-0.4, -0.2) is 4.98 Å². The molecule has 0 saturated carbocycles. The minimum absolute atomic E-state index is 0.0868. The van der Waals surface area contributed by atoms with E-state index in [1.54, 1.807) is 12.3 Å². The van der Waals surface area contributed by atoms with E-state index >= 15 is 0 Å². The van der Waals surface area contributed by atoms with Crippen LogP contribution >= 0.6 is 0 Å². The SMILES string of the molecule is CC1(C)c2ccccc2N(c2cccc(-c3ccccc3-c3ccc(C#N)nc3)c2)c2ccccc21. The number of hydrogen-bond acceptors (Lipinski definition) is 3. The average Bonchev–Trinajstić information content (AvgIpc) is 2.94. The van der Waals surface area contributed by atoms with E-state index in [-0.39, 0.29) is 5.41 Å². The zero-order valence-electron chi connectivity index (χ0n) is 20.3. The lowest BCUT2D eigenvalue weighted by Gasteiger charge is -2.42. The molecule has 0 aliphatic carbocycles. The molecule has 1 aliphatic heterocycles. The van der Waals surface area contributed by atoms with Crippen molar-refractivity contribution in [3.63, 3.8) is 0 Å². The summed E-state index contributed by atoms with van der Waals surface area (Å²) in [5, 5.41) is 9.14. The van der Waals surface area contributed by atoms with E-state index in [0.29, 0.717) is 5.69 Å². The Bertz CT molecular complexity index is 1570. The van der Waals surface area contributed by atoms with Gasteiger partial charge in [0.05, 0.1) is 11.4 Å². The maximum Gasteiger partial charge on any atom is 0.140 e. The minimum atomic E-state index is -0.0868. The van der Waals surface area contributed by atoms with Crippen LogP contribution < -0.4 is 4.90 Å². The highest BCUT2D eigenvalue weighted by Gasteiger charge is 2.36. The van der Waals surface area contributed by atoms with Crippen LogP contribution in [0.5, 0.6) is 0 Å². The van der Waals surface area contributed by atoms with Crippen molar-refractivity contribution >= 4 is 17.1 Å². The topological polar surface area (TPSA) is 39.9 Å². The molecule has 1 aromatic heterocycles. The van der Waals surface area contributed by atoms with E-state index in [0.717, 1.165) is 27.9 Å². The molecule has 0 bridgehead atoms. The average molecular weight is 464 g/mol. The highest BCUT2D eigenvalue weighted by molar-refractivity contribution is 5.89. The second kappa shape index (κ2) is 8.52. The molecule has 0 fully saturated rings. The first-order valence-corrected chi connectivity index (χ1v) is 12.1. The molecule has 0 unspecified atom stereocenters. The van der Waals surface area contributed by atoms with Crippen molar-refractivity contribution in [2.45, 2.75) is 19.3 Å². The Morgan fingerprint density at radius 1 is 0.667 bits per heavy atom. The van der Waals surface area contributed by atoms with E-state index in [1.165, 1.54) is 22.5 Å². The van der Waals surface area contributed by atoms with Gasteiger partial charge in [-0.25, -0.2) is 4.98 Å². The monoisotopic (exact) mass is 463 g/mol. The number of nitriles is 1. The summed E-state index contributed by atoms with van der Waals surface area (Å²) in [6, 6.07) is 40.4. The van der Waals surface area contributed by atoms with Crippen molar-refractivity contribution in [3.8, 4) is 28.3 Å². The molecular weight excluding hydrogens is 438 g/mol. The van der Waals surface area contributed by atoms with E-state index in [9.17, 15) is 0 Å². The van der Waals surface area contributed by atoms with Crippen molar-refractivity contribution in [2.24, 2.45) is 0 Å². The molecule has 0 spiro atoms. The second-order valence-electron chi connectivity index (χ2n) is 9.63. The smallest absolute Gasteiger partial charge is 0.140 e. The maximum absolute atomic E-state index is 9.14. The van der Waals surface area contributed by atoms with Crippen molar-refractivity contribution < 1.29 is 0 Å². The zero-order chi connectivity index (χ0) is 24.7. The summed E-state index contributed by atoms with van der Waals surface area (Å²) in [6.07, 6.45) is 1.78. The second-order valence-corrected chi connectivity index (χ2v) is 9.63. The number of benzene rings is 4. The van der Waals surface area contributed by atoms with Gasteiger partial charge in [0.1, 0.15) is 11.8 Å². The highest BCUT2D eigenvalue weighted by atomic mass is 15.2. The summed E-state index contributed by atoms with van der Waals surface area (Å²) in [5.74, 6) is 0. The van der Waals surface area contributed by atoms with Crippen LogP contribution in [0.4, 0.5) is 17.1 Å². The Morgan fingerprint density at radius 3 is 1.89 bits per heavy atom. The molecule has 6 rings (SSSR count). The molecule has 3 heteroatoms. The molecule has 36 heavy (non-hydrogen) atoms. The van der Waals surface area contributed by atoms with Gasteiger partial charge >= 0.3 is 0 Å². The number of rotatable bonds is 3. The Hall–Kier alpha value is -4.68. The molecule has 0 amide bonds. The predicted octanol–water partition coefficient (Wildman–Crippen LogP) is 8.40. The number of para-hydroxylation sites is 2. The van der Waals surface area contributed by atoms with E-state index in [4.69, 9.17) is 5.26 Å². The number of fused-ring (bicyclic) bond motifs is 2. The first-order chi connectivity index (χ1) is 17.6. The molecule has 4 aromatic carbocycles. The zero-order valence-corrected chi connectivity index (χ0v) is 20.3. The van der Waals surface area contributed by atoms with Crippen molar-refractivity contribution in [3.05, 3.63) is 132 Å². The van der Waals surface area contributed by atoms with Gasteiger partial charge in [-0.1, -0.05) is 86.6 Å². The van der Waals surface area contributed by atoms with Crippen molar-refractivity contribution in [1.29, 1.82) is 5.26 Å². The largest absolute Gasteiger partial charge is 0.310 e. The summed E-state index contributed by atoms with van der Waals surface area (Å²) >= 11 is 0. The van der Waals surface area contributed by atoms with Crippen LogP contribution in [0.25, 0.3) is 22.3 Å². The van der Waals surface area contributed by atoms with Gasteiger partial charge in [0, 0.05) is 22.9 Å². The fourth-order valence-electron chi connectivity index (χ4n) is 5.37. The van der Waals surface area contributed by atoms with Gasteiger partial charge in [-0.2, -0.15) is 5.26 Å². The third kappa shape index (κ3) is 3.47. The molecular formula is C33H25N3. The highest BCUT2D eigenvalue weighted by Crippen LogP contribution is 2.51. The first-order valence-electron chi connectivity index (χ1n) is 12.1. The van der Waals surface area contributed by atoms with Crippen LogP contribution in [0.1, 0.15) is 30.7 Å². The number of pyridine rings is 1. The van der Waals surface area contributed by atoms with Crippen molar-refractivity contribution in [1.82, 2.24) is 4.98 Å². The molecule has 3 nitrogen and oxygen atoms in total. The molecule has 0 N–H and O–H groups in total. The predicted molar refractivity (Wildman–Crippen MR) is 147 cm³/mol. The van der Waals surface area contributed by atoms with Gasteiger partial charge in [0.25, 0.3) is 0 Å². The lowest BCUT2D eigenvalue weighted by molar-refractivity contribution is 0.632. The summed E-state index contributed by atoms with van der Waals surface area (Å²) in [7, 11) is 0. The third-order valence-corrected chi connectivity index (χ3v) is 7.17. The molecule has 0 radical (unpaired) electrons. The third-order valence-electron chi connectivity index (χ3n) is 7.17. The number of nitrogens with zero attached hydrogens (tertiary/aromatic N) is 3. The standard InChI is InChI=1S/C33H25N3/c1-33(2)29-14-5-7-16-31(29)36(32-17-8-6-15-30(32)33)26-11-9-10-23(20-26)27-12-3-4-13-28(27)24-18-19-25(21-34)35-22-24/h3-20,22H,1-2H3. The normalized spacial score (nSPS) is 13.4. The number of anilines is 3. The van der Waals surface area contributed by atoms with Crippen LogP contribution in [0, 0.1) is 11.3 Å². The summed E-state index contributed by atoms with van der Waals surface area (Å²) < 4.78 is 0. The van der Waals surface area contributed by atoms with Crippen LogP contribution in [0.3, 0.4) is 0 Å². The van der Waals surface area contributed by atoms with E-state index in [2.05, 4.69) is 121 Å². The first kappa shape index (κ1) is 21.8. The Balaban J connectivity index is 1.51. The van der Waals surface area contributed by atoms with Gasteiger partial charge in [0.15, 0.2) is 0 Å². The Kier molecular flexibility index (Phi) is 5.16. The fourth-order valence-corrected chi connectivity index (χ4v) is 5.37. The van der Waals surface area contributed by atoms with Gasteiger partial charge in [-0.15, -0.1) is 0 Å². The van der Waals surface area contributed by atoms with Crippen molar-refractivity contribution in [2.75, 3.05) is 4.90 Å². The fraction of sp³-hybridized carbons (Fsp3) is 0.0909. The lowest BCUT2D eigenvalue weighted by Crippen LogP contribution is -2.30. The maximum atomic E-state index is 9.14. The molecule has 0 atom stereocenters. The quantitative estimate of drug-likeness (QED) is 0.270. The van der Waals surface area contributed by atoms with Gasteiger partial charge in [0.2, 0.25) is 0 Å². The molecule has 0 saturated heterocycles. The Morgan fingerprint density at radius 2 is 1.28 bits per heavy atom. The van der Waals surface area contributed by atoms with Crippen LogP contribution in [-0.2, 0) is 5.41 Å². The molecule has 2 heterocycles.